The molecule has 3 atom stereocenters. The van der Waals surface area contributed by atoms with Crippen LogP contribution in [0.2, 0.25) is 0 Å². The number of carbonyl (C=O) groups is 3. The quantitative estimate of drug-likeness (QED) is 0.463. The number of para-hydroxylation sites is 1. The van der Waals surface area contributed by atoms with Crippen molar-refractivity contribution in [2.45, 2.75) is 31.8 Å². The van der Waals surface area contributed by atoms with Gasteiger partial charge in [0.1, 0.15) is 11.2 Å². The molecule has 3 unspecified atom stereocenters. The number of benzene rings is 2. The van der Waals surface area contributed by atoms with Crippen LogP contribution in [0.4, 0.5) is 4.79 Å². The summed E-state index contributed by atoms with van der Waals surface area (Å²) < 4.78 is 7.44. The summed E-state index contributed by atoms with van der Waals surface area (Å²) in [4.78, 5) is 57.0. The van der Waals surface area contributed by atoms with Gasteiger partial charge in [-0.15, -0.1) is 0 Å². The Kier molecular flexibility index (Phi) is 6.75. The zero-order valence-electron chi connectivity index (χ0n) is 22.4. The number of imide groups is 2. The minimum absolute atomic E-state index is 0.00481. The second-order valence-electron chi connectivity index (χ2n) is 11.1. The number of carbonyl (C=O) groups excluding carboxylic acids is 3. The Balaban J connectivity index is 1.37. The number of nitrogens with one attached hydrogen (secondary N) is 1. The van der Waals surface area contributed by atoms with Gasteiger partial charge in [0.15, 0.2) is 0 Å². The number of urea groups is 1. The van der Waals surface area contributed by atoms with E-state index in [1.807, 2.05) is 59.2 Å². The van der Waals surface area contributed by atoms with Crippen LogP contribution in [-0.4, -0.2) is 59.0 Å². The van der Waals surface area contributed by atoms with Crippen LogP contribution in [-0.2, 0) is 29.1 Å². The molecule has 40 heavy (non-hydrogen) atoms. The lowest BCUT2D eigenvalue weighted by atomic mass is 9.75. The molecule has 2 aromatic carbocycles. The predicted molar refractivity (Wildman–Crippen MR) is 148 cm³/mol. The molecule has 2 saturated heterocycles. The van der Waals surface area contributed by atoms with Crippen molar-refractivity contribution >= 4 is 17.8 Å². The molecule has 2 bridgehead atoms. The molecule has 4 amide bonds. The number of methoxy groups -OCH3 is 1. The van der Waals surface area contributed by atoms with Gasteiger partial charge in [-0.3, -0.25) is 24.6 Å². The lowest BCUT2D eigenvalue weighted by molar-refractivity contribution is -0.154. The summed E-state index contributed by atoms with van der Waals surface area (Å²) in [6.45, 7) is 2.09. The normalized spacial score (nSPS) is 24.4. The molecule has 0 saturated carbocycles. The van der Waals surface area contributed by atoms with E-state index in [-0.39, 0.29) is 36.9 Å². The van der Waals surface area contributed by atoms with E-state index in [1.165, 1.54) is 0 Å². The zero-order chi connectivity index (χ0) is 27.9. The molecular formula is C31H32N4O5. The van der Waals surface area contributed by atoms with Gasteiger partial charge in [0, 0.05) is 50.3 Å². The van der Waals surface area contributed by atoms with Crippen LogP contribution in [0, 0.1) is 11.3 Å². The van der Waals surface area contributed by atoms with Crippen LogP contribution >= 0.6 is 0 Å². The summed E-state index contributed by atoms with van der Waals surface area (Å²) in [6.07, 6.45) is 1.04. The van der Waals surface area contributed by atoms with Gasteiger partial charge in [-0.1, -0.05) is 54.6 Å². The number of amides is 4. The lowest BCUT2D eigenvalue weighted by Gasteiger charge is -2.47. The average molecular weight is 541 g/mol. The standard InChI is InChI=1S/C31H32N4O5/c1-40-26-12-6-5-10-23(26)15-31(28(37)32-30(39)35(29(31)38)17-21-8-3-2-4-9-21)20-33-16-22-14-24(19-33)25-11-7-13-27(36)34(25)18-22/h2-13,22,24H,14-20H2,1H3,(H,32,37,39). The number of likely N-dealkylation sites (tertiary alicyclic amines) is 1. The van der Waals surface area contributed by atoms with E-state index in [9.17, 15) is 19.2 Å². The van der Waals surface area contributed by atoms with E-state index < -0.39 is 23.3 Å². The van der Waals surface area contributed by atoms with Gasteiger partial charge in [-0.2, -0.15) is 0 Å². The fraction of sp³-hybridized carbons (Fsp3) is 0.355. The fourth-order valence-electron chi connectivity index (χ4n) is 6.67. The van der Waals surface area contributed by atoms with Crippen LogP contribution in [0.15, 0.2) is 77.6 Å². The highest BCUT2D eigenvalue weighted by atomic mass is 16.5. The molecule has 3 aliphatic rings. The highest BCUT2D eigenvalue weighted by molar-refractivity contribution is 6.19. The molecule has 0 aliphatic carbocycles. The molecule has 0 radical (unpaired) electrons. The SMILES string of the molecule is COc1ccccc1CC1(CN2CC3CC(C2)c2cccc(=O)n2C3)C(=O)NC(=O)N(Cc2ccccc2)C1=O. The molecule has 2 fully saturated rings. The van der Waals surface area contributed by atoms with Crippen molar-refractivity contribution in [3.63, 3.8) is 0 Å². The number of barbiturate groups is 1. The molecule has 206 valence electrons. The molecule has 0 spiro atoms. The minimum Gasteiger partial charge on any atom is -0.496 e. The Morgan fingerprint density at radius 1 is 0.900 bits per heavy atom. The Labute approximate surface area is 232 Å². The topological polar surface area (TPSA) is 101 Å². The molecule has 3 aromatic rings. The maximum Gasteiger partial charge on any atom is 0.331 e. The first kappa shape index (κ1) is 26.0. The van der Waals surface area contributed by atoms with Crippen molar-refractivity contribution in [2.75, 3.05) is 26.7 Å². The highest BCUT2D eigenvalue weighted by Gasteiger charge is 2.55. The number of fused-ring (bicyclic) bond motifs is 4. The van der Waals surface area contributed by atoms with Crippen LogP contribution in [0.5, 0.6) is 5.75 Å². The first-order chi connectivity index (χ1) is 19.4. The molecule has 4 heterocycles. The van der Waals surface area contributed by atoms with Gasteiger partial charge >= 0.3 is 6.03 Å². The van der Waals surface area contributed by atoms with Crippen molar-refractivity contribution in [3.8, 4) is 5.75 Å². The summed E-state index contributed by atoms with van der Waals surface area (Å²) in [6, 6.07) is 21.3. The van der Waals surface area contributed by atoms with Gasteiger partial charge in [0.25, 0.3) is 5.56 Å². The second-order valence-corrected chi connectivity index (χ2v) is 11.1. The predicted octanol–water partition coefficient (Wildman–Crippen LogP) is 2.78. The largest absolute Gasteiger partial charge is 0.496 e. The monoisotopic (exact) mass is 540 g/mol. The van der Waals surface area contributed by atoms with Crippen LogP contribution in [0.3, 0.4) is 0 Å². The summed E-state index contributed by atoms with van der Waals surface area (Å²) in [5.74, 6) is -0.182. The summed E-state index contributed by atoms with van der Waals surface area (Å²) in [5.41, 5.74) is 0.967. The van der Waals surface area contributed by atoms with Crippen molar-refractivity contribution in [1.29, 1.82) is 0 Å². The van der Waals surface area contributed by atoms with Crippen LogP contribution in [0.1, 0.15) is 29.2 Å². The van der Waals surface area contributed by atoms with Gasteiger partial charge in [0.05, 0.1) is 13.7 Å². The van der Waals surface area contributed by atoms with Crippen LogP contribution in [0.25, 0.3) is 0 Å². The molecule has 9 nitrogen and oxygen atoms in total. The van der Waals surface area contributed by atoms with E-state index in [1.54, 1.807) is 25.3 Å². The number of aromatic nitrogens is 1. The van der Waals surface area contributed by atoms with E-state index in [0.29, 0.717) is 25.4 Å². The number of pyridine rings is 1. The zero-order valence-corrected chi connectivity index (χ0v) is 22.4. The molecule has 9 heteroatoms. The van der Waals surface area contributed by atoms with E-state index in [2.05, 4.69) is 10.2 Å². The van der Waals surface area contributed by atoms with Crippen molar-refractivity contribution in [3.05, 3.63) is 100.0 Å². The number of hydrogen-bond acceptors (Lipinski definition) is 6. The molecular weight excluding hydrogens is 508 g/mol. The third-order valence-electron chi connectivity index (χ3n) is 8.47. The Morgan fingerprint density at radius 3 is 2.48 bits per heavy atom. The average Bonchev–Trinajstić information content (AvgIpc) is 2.95. The van der Waals surface area contributed by atoms with Gasteiger partial charge in [-0.05, 0) is 35.6 Å². The van der Waals surface area contributed by atoms with Gasteiger partial charge in [0.2, 0.25) is 11.8 Å². The fourth-order valence-corrected chi connectivity index (χ4v) is 6.67. The number of rotatable bonds is 7. The van der Waals surface area contributed by atoms with Crippen molar-refractivity contribution < 1.29 is 19.1 Å². The Hall–Kier alpha value is -4.24. The summed E-state index contributed by atoms with van der Waals surface area (Å²) >= 11 is 0. The van der Waals surface area contributed by atoms with Crippen molar-refractivity contribution in [1.82, 2.24) is 19.7 Å². The Morgan fingerprint density at radius 2 is 1.68 bits per heavy atom. The van der Waals surface area contributed by atoms with Gasteiger partial charge < -0.3 is 14.2 Å². The molecule has 3 aliphatic heterocycles. The van der Waals surface area contributed by atoms with E-state index in [0.717, 1.165) is 28.1 Å². The Bertz CT molecular complexity index is 1520. The highest BCUT2D eigenvalue weighted by Crippen LogP contribution is 2.39. The first-order valence-corrected chi connectivity index (χ1v) is 13.6. The minimum atomic E-state index is -1.54. The third kappa shape index (κ3) is 4.60. The third-order valence-corrected chi connectivity index (χ3v) is 8.47. The molecule has 6 rings (SSSR count). The number of hydrogen-bond donors (Lipinski definition) is 1. The number of nitrogens with zero attached hydrogens (tertiary/aromatic N) is 3. The first-order valence-electron chi connectivity index (χ1n) is 13.6. The molecule has 1 aromatic heterocycles. The van der Waals surface area contributed by atoms with E-state index in [4.69, 9.17) is 4.74 Å². The second kappa shape index (κ2) is 10.4. The maximum absolute atomic E-state index is 14.4. The number of ether oxygens (including phenoxy) is 1. The lowest BCUT2D eigenvalue weighted by Crippen LogP contribution is -2.67. The van der Waals surface area contributed by atoms with Crippen LogP contribution < -0.4 is 15.6 Å². The smallest absolute Gasteiger partial charge is 0.331 e. The van der Waals surface area contributed by atoms with Gasteiger partial charge in [-0.25, -0.2) is 4.79 Å². The summed E-state index contributed by atoms with van der Waals surface area (Å²) in [7, 11) is 1.56. The molecule has 1 N–H and O–H groups in total. The van der Waals surface area contributed by atoms with Crippen molar-refractivity contribution in [2.24, 2.45) is 11.3 Å². The van der Waals surface area contributed by atoms with E-state index >= 15 is 0 Å². The summed E-state index contributed by atoms with van der Waals surface area (Å²) in [5, 5.41) is 2.51. The number of piperidine rings is 1. The maximum atomic E-state index is 14.4.